The zero-order chi connectivity index (χ0) is 13.9. The van der Waals surface area contributed by atoms with Gasteiger partial charge in [-0.05, 0) is 50.8 Å². The van der Waals surface area contributed by atoms with Gasteiger partial charge < -0.3 is 14.9 Å². The Kier molecular flexibility index (Phi) is 4.79. The number of hydrogen-bond acceptors (Lipinski definition) is 3. The monoisotopic (exact) mass is 250 g/mol. The number of rotatable bonds is 4. The highest BCUT2D eigenvalue weighted by Crippen LogP contribution is 2.38. The molecule has 0 fully saturated rings. The van der Waals surface area contributed by atoms with E-state index in [1.807, 2.05) is 27.7 Å². The fourth-order valence-electron chi connectivity index (χ4n) is 2.13. The lowest BCUT2D eigenvalue weighted by Crippen LogP contribution is -2.02. The Hall–Kier alpha value is -1.48. The normalized spacial score (nSPS) is 10.3. The summed E-state index contributed by atoms with van der Waals surface area (Å²) in [6.07, 6.45) is 2.68. The first-order valence-corrected chi connectivity index (χ1v) is 6.06. The molecule has 18 heavy (non-hydrogen) atoms. The second-order valence-corrected chi connectivity index (χ2v) is 4.73. The number of phenols is 1. The Bertz CT molecular complexity index is 469. The van der Waals surface area contributed by atoms with Gasteiger partial charge in [0.1, 0.15) is 11.5 Å². The lowest BCUT2D eigenvalue weighted by molar-refractivity contribution is 0.278. The summed E-state index contributed by atoms with van der Waals surface area (Å²) in [6.45, 7) is 7.67. The second kappa shape index (κ2) is 5.91. The lowest BCUT2D eigenvalue weighted by Gasteiger charge is -2.18. The number of aromatic hydroxyl groups is 1. The quantitative estimate of drug-likeness (QED) is 0.808. The van der Waals surface area contributed by atoms with Gasteiger partial charge in [-0.3, -0.25) is 0 Å². The Morgan fingerprint density at radius 2 is 1.78 bits per heavy atom. The molecule has 100 valence electrons. The molecule has 1 rings (SSSR count). The number of phenolic OH excluding ortho intramolecular Hbond substituents is 1. The van der Waals surface area contributed by atoms with Gasteiger partial charge in [-0.2, -0.15) is 0 Å². The summed E-state index contributed by atoms with van der Waals surface area (Å²) in [7, 11) is 1.59. The first-order chi connectivity index (χ1) is 8.43. The molecule has 0 radical (unpaired) electrons. The van der Waals surface area contributed by atoms with Crippen LogP contribution in [0, 0.1) is 13.8 Å². The molecule has 0 saturated heterocycles. The number of allylic oxidation sites excluding steroid dienone is 2. The minimum atomic E-state index is -0.0927. The molecule has 0 amide bonds. The van der Waals surface area contributed by atoms with Crippen molar-refractivity contribution in [3.63, 3.8) is 0 Å². The van der Waals surface area contributed by atoms with Crippen molar-refractivity contribution >= 4 is 0 Å². The van der Waals surface area contributed by atoms with Gasteiger partial charge in [0, 0.05) is 5.56 Å². The molecule has 0 heterocycles. The molecule has 0 aromatic heterocycles. The van der Waals surface area contributed by atoms with E-state index in [-0.39, 0.29) is 12.4 Å². The summed E-state index contributed by atoms with van der Waals surface area (Å²) in [6, 6.07) is 0. The third-order valence-corrected chi connectivity index (χ3v) is 3.24. The van der Waals surface area contributed by atoms with Gasteiger partial charge in [-0.1, -0.05) is 11.6 Å². The summed E-state index contributed by atoms with van der Waals surface area (Å²) < 4.78 is 5.39. The molecule has 0 bridgehead atoms. The molecule has 0 aliphatic heterocycles. The number of hydrogen-bond donors (Lipinski definition) is 2. The van der Waals surface area contributed by atoms with Crippen molar-refractivity contribution < 1.29 is 14.9 Å². The highest BCUT2D eigenvalue weighted by Gasteiger charge is 2.18. The van der Waals surface area contributed by atoms with E-state index < -0.39 is 0 Å². The van der Waals surface area contributed by atoms with E-state index in [0.29, 0.717) is 12.2 Å². The van der Waals surface area contributed by atoms with E-state index in [1.54, 1.807) is 7.11 Å². The number of ether oxygens (including phenoxy) is 1. The lowest BCUT2D eigenvalue weighted by atomic mass is 9.94. The molecule has 0 saturated carbocycles. The van der Waals surface area contributed by atoms with Crippen molar-refractivity contribution in [3.8, 4) is 11.5 Å². The molecule has 0 aliphatic carbocycles. The van der Waals surface area contributed by atoms with Crippen LogP contribution in [0.15, 0.2) is 11.6 Å². The largest absolute Gasteiger partial charge is 0.507 e. The Balaban J connectivity index is 3.45. The standard InChI is InChI=1S/C15H22O3/c1-9(2)6-7-12-14(17)10(3)13(8-16)11(4)15(12)18-5/h6,16-17H,7-8H2,1-5H3. The van der Waals surface area contributed by atoms with Crippen LogP contribution >= 0.6 is 0 Å². The molecule has 2 N–H and O–H groups in total. The van der Waals surface area contributed by atoms with E-state index >= 15 is 0 Å². The summed E-state index contributed by atoms with van der Waals surface area (Å²) in [5.74, 6) is 0.888. The van der Waals surface area contributed by atoms with Gasteiger partial charge in [0.2, 0.25) is 0 Å². The third kappa shape index (κ3) is 2.67. The van der Waals surface area contributed by atoms with Crippen LogP contribution in [0.5, 0.6) is 11.5 Å². The van der Waals surface area contributed by atoms with Crippen LogP contribution in [-0.2, 0) is 13.0 Å². The summed E-state index contributed by atoms with van der Waals surface area (Å²) in [5, 5.41) is 19.6. The number of aliphatic hydroxyl groups is 1. The first kappa shape index (κ1) is 14.6. The van der Waals surface area contributed by atoms with Gasteiger partial charge in [-0.15, -0.1) is 0 Å². The molecule has 0 spiro atoms. The zero-order valence-electron chi connectivity index (χ0n) is 11.8. The fourth-order valence-corrected chi connectivity index (χ4v) is 2.13. The minimum Gasteiger partial charge on any atom is -0.507 e. The Morgan fingerprint density at radius 1 is 1.17 bits per heavy atom. The fraction of sp³-hybridized carbons (Fsp3) is 0.467. The van der Waals surface area contributed by atoms with Gasteiger partial charge >= 0.3 is 0 Å². The maximum atomic E-state index is 10.2. The predicted molar refractivity (Wildman–Crippen MR) is 73.2 cm³/mol. The van der Waals surface area contributed by atoms with E-state index in [2.05, 4.69) is 6.08 Å². The first-order valence-electron chi connectivity index (χ1n) is 6.06. The molecule has 1 aromatic carbocycles. The Labute approximate surface area is 109 Å². The molecule has 3 heteroatoms. The van der Waals surface area contributed by atoms with Crippen LogP contribution < -0.4 is 4.74 Å². The van der Waals surface area contributed by atoms with Crippen molar-refractivity contribution in [1.82, 2.24) is 0 Å². The molecule has 1 aromatic rings. The van der Waals surface area contributed by atoms with E-state index in [4.69, 9.17) is 4.74 Å². The maximum Gasteiger partial charge on any atom is 0.129 e. The van der Waals surface area contributed by atoms with Gasteiger partial charge in [0.05, 0.1) is 13.7 Å². The van der Waals surface area contributed by atoms with Crippen LogP contribution in [0.1, 0.15) is 36.1 Å². The third-order valence-electron chi connectivity index (χ3n) is 3.24. The van der Waals surface area contributed by atoms with Crippen molar-refractivity contribution in [2.75, 3.05) is 7.11 Å². The van der Waals surface area contributed by atoms with Crippen molar-refractivity contribution in [1.29, 1.82) is 0 Å². The Morgan fingerprint density at radius 3 is 2.22 bits per heavy atom. The van der Waals surface area contributed by atoms with E-state index in [0.717, 1.165) is 22.3 Å². The van der Waals surface area contributed by atoms with Crippen LogP contribution in [0.25, 0.3) is 0 Å². The smallest absolute Gasteiger partial charge is 0.129 e. The average Bonchev–Trinajstić information content (AvgIpc) is 2.32. The minimum absolute atomic E-state index is 0.0927. The van der Waals surface area contributed by atoms with Gasteiger partial charge in [0.15, 0.2) is 0 Å². The average molecular weight is 250 g/mol. The van der Waals surface area contributed by atoms with Crippen molar-refractivity contribution in [2.24, 2.45) is 0 Å². The summed E-state index contributed by atoms with van der Waals surface area (Å²) >= 11 is 0. The number of methoxy groups -OCH3 is 1. The molecule has 0 aliphatic rings. The van der Waals surface area contributed by atoms with Crippen molar-refractivity contribution in [3.05, 3.63) is 33.9 Å². The summed E-state index contributed by atoms with van der Waals surface area (Å²) in [4.78, 5) is 0. The highest BCUT2D eigenvalue weighted by molar-refractivity contribution is 5.58. The number of aliphatic hydroxyl groups excluding tert-OH is 1. The zero-order valence-corrected chi connectivity index (χ0v) is 11.8. The molecular formula is C15H22O3. The maximum absolute atomic E-state index is 10.2. The van der Waals surface area contributed by atoms with Crippen molar-refractivity contribution in [2.45, 2.75) is 40.7 Å². The van der Waals surface area contributed by atoms with E-state index in [9.17, 15) is 10.2 Å². The summed E-state index contributed by atoms with van der Waals surface area (Å²) in [5.41, 5.74) is 4.34. The van der Waals surface area contributed by atoms with Crippen LogP contribution in [0.2, 0.25) is 0 Å². The highest BCUT2D eigenvalue weighted by atomic mass is 16.5. The van der Waals surface area contributed by atoms with Gasteiger partial charge in [-0.25, -0.2) is 0 Å². The molecular weight excluding hydrogens is 228 g/mol. The van der Waals surface area contributed by atoms with Gasteiger partial charge in [0.25, 0.3) is 0 Å². The second-order valence-electron chi connectivity index (χ2n) is 4.73. The molecule has 3 nitrogen and oxygen atoms in total. The molecule has 0 unspecified atom stereocenters. The van der Waals surface area contributed by atoms with E-state index in [1.165, 1.54) is 5.57 Å². The molecule has 0 atom stereocenters. The van der Waals surface area contributed by atoms with Crippen LogP contribution in [0.4, 0.5) is 0 Å². The van der Waals surface area contributed by atoms with Crippen LogP contribution in [0.3, 0.4) is 0 Å². The SMILES string of the molecule is COc1c(C)c(CO)c(C)c(O)c1CC=C(C)C. The van der Waals surface area contributed by atoms with Crippen LogP contribution in [-0.4, -0.2) is 17.3 Å². The number of benzene rings is 1. The topological polar surface area (TPSA) is 49.7 Å². The predicted octanol–water partition coefficient (Wildman–Crippen LogP) is 3.02.